The lowest BCUT2D eigenvalue weighted by molar-refractivity contribution is 0.114. The molecule has 0 spiro atoms. The second-order valence-corrected chi connectivity index (χ2v) is 11.3. The maximum atomic E-state index is 12.7. The maximum absolute atomic E-state index is 12.7. The van der Waals surface area contributed by atoms with Crippen LogP contribution < -0.4 is 0 Å². The standard InChI is InChI=1S/C27H42F2N2O/c1-27-14-3-6-22(10-9-20-5-2-8-24(17-20)30-32)25(27)12-11-23(27)7-4-15-31-16-13-21(19-31)18-26(28)29/h9-10,21,23-26H,2-8,11-19H2,1H3/b20-9-,22-10+/t21-,23?,24?,25?,27?/m1/s1. The van der Waals surface area contributed by atoms with Crippen LogP contribution in [0.25, 0.3) is 0 Å². The van der Waals surface area contributed by atoms with Gasteiger partial charge in [-0.1, -0.05) is 35.4 Å². The number of likely N-dealkylation sites (tertiary alicyclic amines) is 1. The van der Waals surface area contributed by atoms with Gasteiger partial charge in [-0.2, -0.15) is 4.91 Å². The van der Waals surface area contributed by atoms with Crippen molar-refractivity contribution < 1.29 is 8.78 Å². The number of hydrogen-bond acceptors (Lipinski definition) is 3. The number of allylic oxidation sites excluding steroid dienone is 3. The molecular weight excluding hydrogens is 406 g/mol. The van der Waals surface area contributed by atoms with Crippen molar-refractivity contribution in [3.8, 4) is 0 Å². The van der Waals surface area contributed by atoms with Crippen molar-refractivity contribution in [3.63, 3.8) is 0 Å². The van der Waals surface area contributed by atoms with Crippen molar-refractivity contribution in [2.45, 2.75) is 103 Å². The third-order valence-corrected chi connectivity index (χ3v) is 9.28. The number of nitroso groups, excluding NO2 is 1. The van der Waals surface area contributed by atoms with Gasteiger partial charge in [0.2, 0.25) is 6.43 Å². The molecule has 0 amide bonds. The molecule has 1 saturated heterocycles. The van der Waals surface area contributed by atoms with Crippen LogP contribution in [0.2, 0.25) is 0 Å². The molecule has 3 nitrogen and oxygen atoms in total. The van der Waals surface area contributed by atoms with E-state index in [1.807, 2.05) is 0 Å². The van der Waals surface area contributed by atoms with E-state index in [1.54, 1.807) is 5.57 Å². The minimum absolute atomic E-state index is 0.0119. The Morgan fingerprint density at radius 1 is 1.16 bits per heavy atom. The first-order chi connectivity index (χ1) is 15.5. The van der Waals surface area contributed by atoms with Gasteiger partial charge >= 0.3 is 0 Å². The quantitative estimate of drug-likeness (QED) is 0.360. The Labute approximate surface area is 193 Å². The Hall–Kier alpha value is -1.10. The van der Waals surface area contributed by atoms with Crippen LogP contribution in [0.4, 0.5) is 8.78 Å². The van der Waals surface area contributed by atoms with Crippen LogP contribution >= 0.6 is 0 Å². The van der Waals surface area contributed by atoms with E-state index in [1.165, 1.54) is 50.5 Å². The first kappa shape index (κ1) is 24.0. The molecule has 0 N–H and O–H groups in total. The molecule has 0 aromatic heterocycles. The van der Waals surface area contributed by atoms with Crippen LogP contribution in [0.3, 0.4) is 0 Å². The first-order valence-corrected chi connectivity index (χ1v) is 13.2. The molecule has 4 unspecified atom stereocenters. The highest BCUT2D eigenvalue weighted by molar-refractivity contribution is 5.25. The Balaban J connectivity index is 1.29. The molecular formula is C27H42F2N2O. The van der Waals surface area contributed by atoms with Gasteiger partial charge in [0.1, 0.15) is 0 Å². The molecule has 0 bridgehead atoms. The molecule has 0 aromatic carbocycles. The highest BCUT2D eigenvalue weighted by Gasteiger charge is 2.48. The van der Waals surface area contributed by atoms with Crippen molar-refractivity contribution in [1.29, 1.82) is 0 Å². The van der Waals surface area contributed by atoms with Gasteiger partial charge in [0.05, 0.1) is 6.04 Å². The summed E-state index contributed by atoms with van der Waals surface area (Å²) in [6.45, 7) is 5.50. The van der Waals surface area contributed by atoms with Crippen LogP contribution in [0.1, 0.15) is 90.4 Å². The molecule has 4 aliphatic rings. The number of nitrogens with zero attached hydrogens (tertiary/aromatic N) is 2. The van der Waals surface area contributed by atoms with E-state index in [2.05, 4.69) is 29.2 Å². The average Bonchev–Trinajstić information content (AvgIpc) is 3.36. The van der Waals surface area contributed by atoms with Gasteiger partial charge in [0.25, 0.3) is 0 Å². The SMILES string of the molecule is CC12CCC/C(=C\C=C3\CCCC(N=O)C3)C1CCC2CCCN1CC[C@H](CC(F)F)C1. The van der Waals surface area contributed by atoms with E-state index in [9.17, 15) is 13.7 Å². The third kappa shape index (κ3) is 5.69. The van der Waals surface area contributed by atoms with Gasteiger partial charge in [-0.25, -0.2) is 8.78 Å². The van der Waals surface area contributed by atoms with Crippen LogP contribution in [0.15, 0.2) is 28.5 Å². The lowest BCUT2D eigenvalue weighted by Crippen LogP contribution is -2.33. The average molecular weight is 449 g/mol. The number of fused-ring (bicyclic) bond motifs is 1. The van der Waals surface area contributed by atoms with Crippen molar-refractivity contribution >= 4 is 0 Å². The molecule has 4 fully saturated rings. The fourth-order valence-electron chi connectivity index (χ4n) is 7.48. The van der Waals surface area contributed by atoms with Gasteiger partial charge in [-0.05, 0) is 113 Å². The number of rotatable bonds is 8. The van der Waals surface area contributed by atoms with Crippen molar-refractivity contribution in [3.05, 3.63) is 28.2 Å². The first-order valence-electron chi connectivity index (χ1n) is 13.2. The van der Waals surface area contributed by atoms with Crippen LogP contribution in [-0.2, 0) is 0 Å². The second-order valence-electron chi connectivity index (χ2n) is 11.3. The zero-order valence-electron chi connectivity index (χ0n) is 19.9. The predicted octanol–water partition coefficient (Wildman–Crippen LogP) is 7.52. The van der Waals surface area contributed by atoms with Crippen molar-refractivity contribution in [2.24, 2.45) is 28.3 Å². The monoisotopic (exact) mass is 448 g/mol. The van der Waals surface area contributed by atoms with E-state index in [0.29, 0.717) is 11.3 Å². The molecule has 180 valence electrons. The largest absolute Gasteiger partial charge is 0.303 e. The Morgan fingerprint density at radius 3 is 2.84 bits per heavy atom. The molecule has 5 atom stereocenters. The third-order valence-electron chi connectivity index (χ3n) is 9.28. The molecule has 3 aliphatic carbocycles. The summed E-state index contributed by atoms with van der Waals surface area (Å²) in [5.41, 5.74) is 3.47. The molecule has 32 heavy (non-hydrogen) atoms. The van der Waals surface area contributed by atoms with E-state index >= 15 is 0 Å². The lowest BCUT2D eigenvalue weighted by Gasteiger charge is -2.42. The van der Waals surface area contributed by atoms with Crippen molar-refractivity contribution in [2.75, 3.05) is 19.6 Å². The molecule has 4 rings (SSSR count). The predicted molar refractivity (Wildman–Crippen MR) is 127 cm³/mol. The van der Waals surface area contributed by atoms with Gasteiger partial charge < -0.3 is 4.90 Å². The van der Waals surface area contributed by atoms with Crippen LogP contribution in [0.5, 0.6) is 0 Å². The molecule has 1 aliphatic heterocycles. The number of hydrogen-bond donors (Lipinski definition) is 0. The molecule has 0 aromatic rings. The summed E-state index contributed by atoms with van der Waals surface area (Å²) in [6.07, 6.45) is 16.6. The van der Waals surface area contributed by atoms with Gasteiger partial charge in [0.15, 0.2) is 0 Å². The number of halogens is 2. The summed E-state index contributed by atoms with van der Waals surface area (Å²) < 4.78 is 25.3. The topological polar surface area (TPSA) is 32.7 Å². The lowest BCUT2D eigenvalue weighted by atomic mass is 9.62. The molecule has 5 heteroatoms. The molecule has 3 saturated carbocycles. The van der Waals surface area contributed by atoms with Gasteiger partial charge in [-0.15, -0.1) is 0 Å². The minimum atomic E-state index is -2.15. The molecule has 0 radical (unpaired) electrons. The zero-order valence-corrected chi connectivity index (χ0v) is 19.9. The van der Waals surface area contributed by atoms with Gasteiger partial charge in [-0.3, -0.25) is 0 Å². The summed E-state index contributed by atoms with van der Waals surface area (Å²) in [5.74, 6) is 1.70. The highest BCUT2D eigenvalue weighted by atomic mass is 19.3. The van der Waals surface area contributed by atoms with Crippen molar-refractivity contribution in [1.82, 2.24) is 4.90 Å². The summed E-state index contributed by atoms with van der Waals surface area (Å²) in [5, 5.41) is 3.29. The fourth-order valence-corrected chi connectivity index (χ4v) is 7.48. The second kappa shape index (κ2) is 10.9. The summed E-state index contributed by atoms with van der Waals surface area (Å²) >= 11 is 0. The Morgan fingerprint density at radius 2 is 2.03 bits per heavy atom. The zero-order chi connectivity index (χ0) is 22.6. The van der Waals surface area contributed by atoms with E-state index in [4.69, 9.17) is 0 Å². The Bertz CT molecular complexity index is 706. The Kier molecular flexibility index (Phi) is 8.18. The van der Waals surface area contributed by atoms with E-state index < -0.39 is 6.43 Å². The van der Waals surface area contributed by atoms with Crippen LogP contribution in [0, 0.1) is 28.1 Å². The summed E-state index contributed by atoms with van der Waals surface area (Å²) in [7, 11) is 0. The van der Waals surface area contributed by atoms with E-state index in [0.717, 1.165) is 57.7 Å². The molecule has 1 heterocycles. The smallest absolute Gasteiger partial charge is 0.238 e. The minimum Gasteiger partial charge on any atom is -0.303 e. The highest BCUT2D eigenvalue weighted by Crippen LogP contribution is 2.58. The summed E-state index contributed by atoms with van der Waals surface area (Å²) in [6, 6.07) is -0.0119. The van der Waals surface area contributed by atoms with E-state index in [-0.39, 0.29) is 18.4 Å². The normalized spacial score (nSPS) is 38.6. The maximum Gasteiger partial charge on any atom is 0.238 e. The number of alkyl halides is 2. The van der Waals surface area contributed by atoms with Gasteiger partial charge in [0, 0.05) is 13.0 Å². The fraction of sp³-hybridized carbons (Fsp3) is 0.852. The summed E-state index contributed by atoms with van der Waals surface area (Å²) in [4.78, 5) is 13.4. The van der Waals surface area contributed by atoms with Crippen LogP contribution in [-0.4, -0.2) is 37.0 Å².